The molecule has 40 heavy (non-hydrogen) atoms. The summed E-state index contributed by atoms with van der Waals surface area (Å²) in [7, 11) is 0. The summed E-state index contributed by atoms with van der Waals surface area (Å²) in [6.45, 7) is 3.42. The molecule has 0 spiro atoms. The van der Waals surface area contributed by atoms with Gasteiger partial charge in [0.25, 0.3) is 0 Å². The molecule has 0 aromatic heterocycles. The summed E-state index contributed by atoms with van der Waals surface area (Å²) in [6.07, 6.45) is 0. The standard InChI is InChI=1S/C29H44O11/c1-28(2,23-3-7-25(33)8-4-23)24-5-9-26(10-6-24)40-27(34)39-18-17-38-22-29(19-35-14-11-30,20-36-15-12-31)21-37-16-13-32/h3-10,27,30-34H,11-22H2,1-2H3. The fraction of sp³-hybridized carbons (Fsp3) is 0.586. The van der Waals surface area contributed by atoms with Gasteiger partial charge in [-0.2, -0.15) is 0 Å². The zero-order valence-corrected chi connectivity index (χ0v) is 23.4. The summed E-state index contributed by atoms with van der Waals surface area (Å²) >= 11 is 0. The Morgan fingerprint density at radius 3 is 1.50 bits per heavy atom. The maximum Gasteiger partial charge on any atom is 0.313 e. The van der Waals surface area contributed by atoms with Crippen LogP contribution in [0.3, 0.4) is 0 Å². The summed E-state index contributed by atoms with van der Waals surface area (Å²) in [4.78, 5) is 0. The van der Waals surface area contributed by atoms with E-state index in [1.165, 1.54) is 0 Å². The minimum atomic E-state index is -1.50. The van der Waals surface area contributed by atoms with Crippen LogP contribution in [0.2, 0.25) is 0 Å². The summed E-state index contributed by atoms with van der Waals surface area (Å²) in [5.41, 5.74) is 1.03. The summed E-state index contributed by atoms with van der Waals surface area (Å²) in [5.74, 6) is 0.647. The predicted octanol–water partition coefficient (Wildman–Crippen LogP) is 1.42. The van der Waals surface area contributed by atoms with E-state index in [1.807, 2.05) is 24.3 Å². The van der Waals surface area contributed by atoms with Crippen LogP contribution in [0.15, 0.2) is 48.5 Å². The van der Waals surface area contributed by atoms with E-state index in [2.05, 4.69) is 13.8 Å². The molecule has 0 bridgehead atoms. The molecule has 0 aliphatic carbocycles. The molecule has 0 saturated carbocycles. The van der Waals surface area contributed by atoms with Crippen molar-refractivity contribution in [3.05, 3.63) is 59.7 Å². The van der Waals surface area contributed by atoms with E-state index in [-0.39, 0.29) is 90.4 Å². The van der Waals surface area contributed by atoms with Gasteiger partial charge in [0.2, 0.25) is 0 Å². The van der Waals surface area contributed by atoms with Crippen molar-refractivity contribution in [2.24, 2.45) is 5.41 Å². The van der Waals surface area contributed by atoms with Crippen LogP contribution < -0.4 is 4.74 Å². The normalized spacial score (nSPS) is 12.9. The molecule has 2 rings (SSSR count). The van der Waals surface area contributed by atoms with Crippen molar-refractivity contribution >= 4 is 0 Å². The number of aliphatic hydroxyl groups excluding tert-OH is 4. The van der Waals surface area contributed by atoms with Gasteiger partial charge in [0, 0.05) is 5.41 Å². The molecular weight excluding hydrogens is 524 g/mol. The third-order valence-corrected chi connectivity index (χ3v) is 6.23. The highest BCUT2D eigenvalue weighted by Crippen LogP contribution is 2.33. The lowest BCUT2D eigenvalue weighted by molar-refractivity contribution is -0.223. The molecule has 1 unspecified atom stereocenters. The second-order valence-corrected chi connectivity index (χ2v) is 9.87. The van der Waals surface area contributed by atoms with Crippen LogP contribution >= 0.6 is 0 Å². The van der Waals surface area contributed by atoms with E-state index in [4.69, 9.17) is 43.7 Å². The topological polar surface area (TPSA) is 157 Å². The van der Waals surface area contributed by atoms with Gasteiger partial charge in [0.15, 0.2) is 0 Å². The quantitative estimate of drug-likeness (QED) is 0.103. The molecule has 0 amide bonds. The lowest BCUT2D eigenvalue weighted by atomic mass is 9.78. The molecule has 2 aromatic carbocycles. The summed E-state index contributed by atoms with van der Waals surface area (Å²) in [6, 6.07) is 14.4. The first-order valence-electron chi connectivity index (χ1n) is 13.3. The van der Waals surface area contributed by atoms with Crippen LogP contribution in [-0.4, -0.2) is 111 Å². The number of hydrogen-bond donors (Lipinski definition) is 5. The Hall–Kier alpha value is -2.32. The van der Waals surface area contributed by atoms with E-state index < -0.39 is 11.9 Å². The molecule has 11 heteroatoms. The fourth-order valence-electron chi connectivity index (χ4n) is 3.95. The predicted molar refractivity (Wildman–Crippen MR) is 146 cm³/mol. The van der Waals surface area contributed by atoms with Crippen LogP contribution in [0.25, 0.3) is 0 Å². The molecule has 0 fully saturated rings. The van der Waals surface area contributed by atoms with Crippen molar-refractivity contribution in [3.8, 4) is 11.5 Å². The smallest absolute Gasteiger partial charge is 0.313 e. The molecule has 11 nitrogen and oxygen atoms in total. The molecule has 226 valence electrons. The fourth-order valence-corrected chi connectivity index (χ4v) is 3.95. The van der Waals surface area contributed by atoms with E-state index >= 15 is 0 Å². The summed E-state index contributed by atoms with van der Waals surface area (Å²) < 4.78 is 33.1. The van der Waals surface area contributed by atoms with Gasteiger partial charge in [-0.1, -0.05) is 38.1 Å². The number of aromatic hydroxyl groups is 1. The SMILES string of the molecule is CC(C)(c1ccc(O)cc1)c1ccc(OC(O)OCCOCC(COCCO)(COCCO)COCCO)cc1. The van der Waals surface area contributed by atoms with Gasteiger partial charge in [0.05, 0.1) is 84.7 Å². The van der Waals surface area contributed by atoms with E-state index in [0.717, 1.165) is 11.1 Å². The van der Waals surface area contributed by atoms with Crippen LogP contribution in [0.5, 0.6) is 11.5 Å². The number of hydrogen-bond acceptors (Lipinski definition) is 11. The van der Waals surface area contributed by atoms with Gasteiger partial charge in [0.1, 0.15) is 11.5 Å². The Morgan fingerprint density at radius 2 is 1.05 bits per heavy atom. The van der Waals surface area contributed by atoms with Crippen molar-refractivity contribution in [1.29, 1.82) is 0 Å². The van der Waals surface area contributed by atoms with E-state index in [9.17, 15) is 10.2 Å². The zero-order chi connectivity index (χ0) is 29.3. The van der Waals surface area contributed by atoms with Crippen molar-refractivity contribution in [2.45, 2.75) is 25.7 Å². The monoisotopic (exact) mass is 568 g/mol. The Bertz CT molecular complexity index is 892. The Morgan fingerprint density at radius 1 is 0.625 bits per heavy atom. The average Bonchev–Trinajstić information content (AvgIpc) is 2.94. The van der Waals surface area contributed by atoms with E-state index in [0.29, 0.717) is 5.75 Å². The molecule has 1 atom stereocenters. The minimum Gasteiger partial charge on any atom is -0.508 e. The molecule has 0 aliphatic rings. The lowest BCUT2D eigenvalue weighted by Crippen LogP contribution is -2.42. The largest absolute Gasteiger partial charge is 0.508 e. The number of phenolic OH excluding ortho intramolecular Hbond substituents is 1. The summed E-state index contributed by atoms with van der Waals surface area (Å²) in [5, 5.41) is 46.9. The maximum atomic E-state index is 10.2. The number of rotatable bonds is 22. The molecular formula is C29H44O11. The number of aliphatic hydroxyl groups is 4. The highest BCUT2D eigenvalue weighted by molar-refractivity contribution is 5.41. The molecule has 2 aromatic rings. The maximum absolute atomic E-state index is 10.2. The first kappa shape index (κ1) is 33.9. The van der Waals surface area contributed by atoms with Crippen LogP contribution in [0.4, 0.5) is 0 Å². The van der Waals surface area contributed by atoms with Gasteiger partial charge in [-0.05, 0) is 35.4 Å². The van der Waals surface area contributed by atoms with Crippen molar-refractivity contribution in [1.82, 2.24) is 0 Å². The van der Waals surface area contributed by atoms with Gasteiger partial charge in [-0.3, -0.25) is 0 Å². The lowest BCUT2D eigenvalue weighted by Gasteiger charge is -2.33. The van der Waals surface area contributed by atoms with Crippen LogP contribution in [-0.2, 0) is 29.1 Å². The van der Waals surface area contributed by atoms with Crippen molar-refractivity contribution in [2.75, 3.05) is 79.3 Å². The second-order valence-electron chi connectivity index (χ2n) is 9.87. The Labute approximate surface area is 235 Å². The second kappa shape index (κ2) is 18.2. The molecule has 5 N–H and O–H groups in total. The Balaban J connectivity index is 1.84. The third-order valence-electron chi connectivity index (χ3n) is 6.23. The Kier molecular flexibility index (Phi) is 15.4. The first-order chi connectivity index (χ1) is 19.3. The van der Waals surface area contributed by atoms with Crippen molar-refractivity contribution in [3.63, 3.8) is 0 Å². The van der Waals surface area contributed by atoms with Gasteiger partial charge in [-0.25, -0.2) is 0 Å². The van der Waals surface area contributed by atoms with Gasteiger partial charge < -0.3 is 54.0 Å². The highest BCUT2D eigenvalue weighted by atomic mass is 16.8. The van der Waals surface area contributed by atoms with E-state index in [1.54, 1.807) is 24.3 Å². The van der Waals surface area contributed by atoms with Crippen molar-refractivity contribution < 1.29 is 54.0 Å². The van der Waals surface area contributed by atoms with Gasteiger partial charge in [-0.15, -0.1) is 0 Å². The molecule has 0 aliphatic heterocycles. The number of benzene rings is 2. The first-order valence-corrected chi connectivity index (χ1v) is 13.3. The third kappa shape index (κ3) is 11.7. The van der Waals surface area contributed by atoms with Gasteiger partial charge >= 0.3 is 6.48 Å². The molecule has 0 heterocycles. The molecule has 0 radical (unpaired) electrons. The van der Waals surface area contributed by atoms with Crippen LogP contribution in [0, 0.1) is 5.41 Å². The number of phenols is 1. The number of ether oxygens (including phenoxy) is 6. The molecule has 0 saturated heterocycles. The minimum absolute atomic E-state index is 0.0374. The highest BCUT2D eigenvalue weighted by Gasteiger charge is 2.32. The van der Waals surface area contributed by atoms with Crippen LogP contribution in [0.1, 0.15) is 25.0 Å². The zero-order valence-electron chi connectivity index (χ0n) is 23.4. The average molecular weight is 569 g/mol.